The van der Waals surface area contributed by atoms with Crippen LogP contribution >= 0.6 is 11.6 Å². The van der Waals surface area contributed by atoms with Crippen LogP contribution in [0.3, 0.4) is 0 Å². The van der Waals surface area contributed by atoms with E-state index in [-0.39, 0.29) is 0 Å². The summed E-state index contributed by atoms with van der Waals surface area (Å²) in [5.74, 6) is 3.27. The molecule has 0 unspecified atom stereocenters. The summed E-state index contributed by atoms with van der Waals surface area (Å²) >= 11 is 5.99. The highest BCUT2D eigenvalue weighted by Gasteiger charge is 2.31. The van der Waals surface area contributed by atoms with E-state index >= 15 is 0 Å². The highest BCUT2D eigenvalue weighted by molar-refractivity contribution is 6.30. The molecule has 0 spiro atoms. The van der Waals surface area contributed by atoms with E-state index in [1.807, 2.05) is 12.1 Å². The number of halogens is 1. The molecular weight excluding hydrogens is 292 g/mol. The molecule has 1 nitrogen and oxygen atoms in total. The van der Waals surface area contributed by atoms with E-state index in [0.717, 1.165) is 35.5 Å². The van der Waals surface area contributed by atoms with Crippen LogP contribution in [0.25, 0.3) is 0 Å². The Morgan fingerprint density at radius 2 is 1.41 bits per heavy atom. The number of rotatable bonds is 4. The molecule has 0 heterocycles. The van der Waals surface area contributed by atoms with Crippen LogP contribution in [0.15, 0.2) is 24.3 Å². The van der Waals surface area contributed by atoms with Crippen LogP contribution in [-0.4, -0.2) is 6.29 Å². The Morgan fingerprint density at radius 1 is 0.864 bits per heavy atom. The summed E-state index contributed by atoms with van der Waals surface area (Å²) < 4.78 is 0. The summed E-state index contributed by atoms with van der Waals surface area (Å²) in [7, 11) is 0. The van der Waals surface area contributed by atoms with Crippen molar-refractivity contribution in [1.82, 2.24) is 0 Å². The Morgan fingerprint density at radius 3 is 1.95 bits per heavy atom. The minimum atomic E-state index is 0.680. The number of hydrogen-bond acceptors (Lipinski definition) is 1. The average Bonchev–Trinajstić information content (AvgIpc) is 2.57. The van der Waals surface area contributed by atoms with Gasteiger partial charge in [0.15, 0.2) is 0 Å². The summed E-state index contributed by atoms with van der Waals surface area (Å²) in [4.78, 5) is 10.6. The van der Waals surface area contributed by atoms with Crippen LogP contribution in [0.4, 0.5) is 0 Å². The summed E-state index contributed by atoms with van der Waals surface area (Å²) in [6.45, 7) is 0. The molecule has 0 N–H and O–H groups in total. The van der Waals surface area contributed by atoms with Gasteiger partial charge in [0.1, 0.15) is 6.29 Å². The minimum absolute atomic E-state index is 0.680. The lowest BCUT2D eigenvalue weighted by Gasteiger charge is -2.37. The molecule has 3 rings (SSSR count). The Hall–Kier alpha value is -0.820. The molecule has 0 saturated heterocycles. The maximum absolute atomic E-state index is 10.6. The van der Waals surface area contributed by atoms with Crippen molar-refractivity contribution in [3.63, 3.8) is 0 Å². The maximum atomic E-state index is 10.6. The Balaban J connectivity index is 1.48. The van der Waals surface area contributed by atoms with Crippen LogP contribution in [0.2, 0.25) is 5.02 Å². The zero-order valence-corrected chi connectivity index (χ0v) is 14.1. The monoisotopic (exact) mass is 318 g/mol. The van der Waals surface area contributed by atoms with Gasteiger partial charge >= 0.3 is 0 Å². The van der Waals surface area contributed by atoms with Gasteiger partial charge in [0.25, 0.3) is 0 Å². The SMILES string of the molecule is O=CC[C@H]1CC[C@H]([C@H]2CC[C@H](c3ccc(Cl)cc3)CC2)CC1. The standard InChI is InChI=1S/C20H27ClO/c21-20-11-9-19(10-12-20)18-7-5-17(6-8-18)16-3-1-15(2-4-16)13-14-22/h9-12,14-18H,1-8,13H2/t15-,16-,17-,18-. The molecule has 22 heavy (non-hydrogen) atoms. The molecule has 0 radical (unpaired) electrons. The molecule has 0 atom stereocenters. The number of hydrogen-bond donors (Lipinski definition) is 0. The smallest absolute Gasteiger partial charge is 0.120 e. The van der Waals surface area contributed by atoms with Crippen molar-refractivity contribution in [2.45, 2.75) is 63.7 Å². The Kier molecular flexibility index (Phi) is 5.57. The molecule has 0 amide bonds. The van der Waals surface area contributed by atoms with Crippen LogP contribution in [0, 0.1) is 17.8 Å². The predicted octanol–water partition coefficient (Wildman–Crippen LogP) is 6.01. The Bertz CT molecular complexity index is 465. The van der Waals surface area contributed by atoms with Gasteiger partial charge in [0.05, 0.1) is 0 Å². The molecule has 2 heteroatoms. The molecule has 120 valence electrons. The van der Waals surface area contributed by atoms with E-state index in [1.54, 1.807) is 0 Å². The molecule has 2 aliphatic rings. The van der Waals surface area contributed by atoms with Gasteiger partial charge in [0, 0.05) is 11.4 Å². The van der Waals surface area contributed by atoms with Crippen LogP contribution < -0.4 is 0 Å². The number of benzene rings is 1. The predicted molar refractivity (Wildman–Crippen MR) is 92.3 cm³/mol. The third-order valence-electron chi connectivity index (χ3n) is 6.10. The summed E-state index contributed by atoms with van der Waals surface area (Å²) in [5, 5.41) is 0.838. The maximum Gasteiger partial charge on any atom is 0.120 e. The molecule has 1 aromatic carbocycles. The molecule has 2 aliphatic carbocycles. The first kappa shape index (κ1) is 16.1. The summed E-state index contributed by atoms with van der Waals surface area (Å²) in [6.07, 6.45) is 12.6. The second-order valence-corrected chi connectivity index (χ2v) is 7.78. The quantitative estimate of drug-likeness (QED) is 0.621. The number of carbonyl (C=O) groups is 1. The van der Waals surface area contributed by atoms with Crippen molar-refractivity contribution in [1.29, 1.82) is 0 Å². The highest BCUT2D eigenvalue weighted by Crippen LogP contribution is 2.44. The number of carbonyl (C=O) groups excluding carboxylic acids is 1. The van der Waals surface area contributed by atoms with E-state index in [9.17, 15) is 4.79 Å². The van der Waals surface area contributed by atoms with Gasteiger partial charge in [-0.2, -0.15) is 0 Å². The molecule has 0 aliphatic heterocycles. The van der Waals surface area contributed by atoms with E-state index in [2.05, 4.69) is 12.1 Å². The largest absolute Gasteiger partial charge is 0.303 e. The van der Waals surface area contributed by atoms with Gasteiger partial charge < -0.3 is 4.79 Å². The second-order valence-electron chi connectivity index (χ2n) is 7.35. The van der Waals surface area contributed by atoms with Gasteiger partial charge in [-0.15, -0.1) is 0 Å². The first-order valence-corrected chi connectivity index (χ1v) is 9.33. The lowest BCUT2D eigenvalue weighted by molar-refractivity contribution is -0.108. The molecule has 0 bridgehead atoms. The third-order valence-corrected chi connectivity index (χ3v) is 6.35. The van der Waals surface area contributed by atoms with Crippen molar-refractivity contribution < 1.29 is 4.79 Å². The van der Waals surface area contributed by atoms with Gasteiger partial charge in [-0.25, -0.2) is 0 Å². The lowest BCUT2D eigenvalue weighted by atomic mass is 9.68. The second kappa shape index (κ2) is 7.64. The van der Waals surface area contributed by atoms with Crippen LogP contribution in [-0.2, 0) is 4.79 Å². The fraction of sp³-hybridized carbons (Fsp3) is 0.650. The molecule has 2 fully saturated rings. The third kappa shape index (κ3) is 3.93. The normalized spacial score (nSPS) is 32.6. The van der Waals surface area contributed by atoms with Gasteiger partial charge in [-0.05, 0) is 92.7 Å². The summed E-state index contributed by atoms with van der Waals surface area (Å²) in [5.41, 5.74) is 1.47. The van der Waals surface area contributed by atoms with Crippen LogP contribution in [0.5, 0.6) is 0 Å². The summed E-state index contributed by atoms with van der Waals surface area (Å²) in [6, 6.07) is 8.46. The first-order chi connectivity index (χ1) is 10.8. The van der Waals surface area contributed by atoms with Crippen LogP contribution in [0.1, 0.15) is 69.3 Å². The topological polar surface area (TPSA) is 17.1 Å². The van der Waals surface area contributed by atoms with E-state index < -0.39 is 0 Å². The van der Waals surface area contributed by atoms with Crippen molar-refractivity contribution >= 4 is 17.9 Å². The minimum Gasteiger partial charge on any atom is -0.303 e. The molecule has 0 aromatic heterocycles. The van der Waals surface area contributed by atoms with E-state index in [0.29, 0.717) is 5.92 Å². The average molecular weight is 319 g/mol. The zero-order chi connectivity index (χ0) is 15.4. The van der Waals surface area contributed by atoms with Crippen molar-refractivity contribution in [2.75, 3.05) is 0 Å². The molecular formula is C20H27ClO. The van der Waals surface area contributed by atoms with Crippen molar-refractivity contribution in [3.8, 4) is 0 Å². The van der Waals surface area contributed by atoms with Gasteiger partial charge in [0.2, 0.25) is 0 Å². The molecule has 2 saturated carbocycles. The van der Waals surface area contributed by atoms with Gasteiger partial charge in [-0.1, -0.05) is 23.7 Å². The van der Waals surface area contributed by atoms with Gasteiger partial charge in [-0.3, -0.25) is 0 Å². The van der Waals surface area contributed by atoms with Crippen molar-refractivity contribution in [3.05, 3.63) is 34.9 Å². The van der Waals surface area contributed by atoms with Crippen molar-refractivity contribution in [2.24, 2.45) is 17.8 Å². The number of aldehydes is 1. The Labute approximate surface area is 139 Å². The van der Waals surface area contributed by atoms with E-state index in [1.165, 1.54) is 56.9 Å². The fourth-order valence-electron chi connectivity index (χ4n) is 4.69. The molecule has 1 aromatic rings. The first-order valence-electron chi connectivity index (χ1n) is 8.95. The highest BCUT2D eigenvalue weighted by atomic mass is 35.5. The fourth-order valence-corrected chi connectivity index (χ4v) is 4.82. The lowest BCUT2D eigenvalue weighted by Crippen LogP contribution is -2.25. The van der Waals surface area contributed by atoms with E-state index in [4.69, 9.17) is 11.6 Å². The zero-order valence-electron chi connectivity index (χ0n) is 13.3.